The molecule has 0 amide bonds. The monoisotopic (exact) mass is 260 g/mol. The first kappa shape index (κ1) is 11.6. The SMILES string of the molecule is c1ccc2c(c1)CCNC2c1nccc2ccccc12. The highest BCUT2D eigenvalue weighted by atomic mass is 14.9. The van der Waals surface area contributed by atoms with Crippen LogP contribution in [0.15, 0.2) is 60.8 Å². The minimum Gasteiger partial charge on any atom is -0.305 e. The first-order valence-corrected chi connectivity index (χ1v) is 7.08. The van der Waals surface area contributed by atoms with Gasteiger partial charge >= 0.3 is 0 Å². The Morgan fingerprint density at radius 1 is 0.950 bits per heavy atom. The lowest BCUT2D eigenvalue weighted by atomic mass is 9.90. The average Bonchev–Trinajstić information content (AvgIpc) is 2.54. The van der Waals surface area contributed by atoms with Gasteiger partial charge in [0.05, 0.1) is 11.7 Å². The van der Waals surface area contributed by atoms with E-state index in [0.717, 1.165) is 18.7 Å². The molecule has 0 saturated heterocycles. The summed E-state index contributed by atoms with van der Waals surface area (Å²) in [5.41, 5.74) is 3.93. The van der Waals surface area contributed by atoms with E-state index in [2.05, 4.69) is 64.9 Å². The van der Waals surface area contributed by atoms with E-state index in [1.54, 1.807) is 0 Å². The molecule has 1 unspecified atom stereocenters. The smallest absolute Gasteiger partial charge is 0.0760 e. The number of aromatic nitrogens is 1. The predicted octanol–water partition coefficient (Wildman–Crippen LogP) is 3.47. The topological polar surface area (TPSA) is 24.9 Å². The number of hydrogen-bond acceptors (Lipinski definition) is 2. The summed E-state index contributed by atoms with van der Waals surface area (Å²) in [7, 11) is 0. The third-order valence-electron chi connectivity index (χ3n) is 4.09. The van der Waals surface area contributed by atoms with Gasteiger partial charge in [-0.1, -0.05) is 48.5 Å². The molecule has 2 heteroatoms. The normalized spacial score (nSPS) is 17.9. The Hall–Kier alpha value is -2.19. The summed E-state index contributed by atoms with van der Waals surface area (Å²) < 4.78 is 0. The van der Waals surface area contributed by atoms with Gasteiger partial charge in [-0.3, -0.25) is 4.98 Å². The largest absolute Gasteiger partial charge is 0.305 e. The first-order chi connectivity index (χ1) is 9.93. The van der Waals surface area contributed by atoms with Crippen molar-refractivity contribution in [3.63, 3.8) is 0 Å². The molecule has 2 heterocycles. The Balaban J connectivity index is 1.93. The van der Waals surface area contributed by atoms with Crippen molar-refractivity contribution in [1.29, 1.82) is 0 Å². The van der Waals surface area contributed by atoms with E-state index in [1.807, 2.05) is 6.20 Å². The van der Waals surface area contributed by atoms with Crippen molar-refractivity contribution in [2.24, 2.45) is 0 Å². The second-order valence-corrected chi connectivity index (χ2v) is 5.25. The number of rotatable bonds is 1. The maximum Gasteiger partial charge on any atom is 0.0760 e. The summed E-state index contributed by atoms with van der Waals surface area (Å²) in [5, 5.41) is 6.11. The molecule has 0 aliphatic carbocycles. The van der Waals surface area contributed by atoms with Crippen LogP contribution in [0.25, 0.3) is 10.8 Å². The second-order valence-electron chi connectivity index (χ2n) is 5.25. The van der Waals surface area contributed by atoms with Crippen LogP contribution in [0.2, 0.25) is 0 Å². The highest BCUT2D eigenvalue weighted by Gasteiger charge is 2.23. The Labute approximate surface area is 118 Å². The lowest BCUT2D eigenvalue weighted by molar-refractivity contribution is 0.560. The van der Waals surface area contributed by atoms with Gasteiger partial charge in [0, 0.05) is 18.1 Å². The molecule has 2 aromatic carbocycles. The van der Waals surface area contributed by atoms with Crippen molar-refractivity contribution in [3.8, 4) is 0 Å². The van der Waals surface area contributed by atoms with Gasteiger partial charge in [-0.15, -0.1) is 0 Å². The maximum atomic E-state index is 4.67. The van der Waals surface area contributed by atoms with Crippen LogP contribution in [-0.4, -0.2) is 11.5 Å². The summed E-state index contributed by atoms with van der Waals surface area (Å²) >= 11 is 0. The molecule has 0 saturated carbocycles. The van der Waals surface area contributed by atoms with E-state index in [0.29, 0.717) is 0 Å². The Morgan fingerprint density at radius 3 is 2.80 bits per heavy atom. The van der Waals surface area contributed by atoms with E-state index < -0.39 is 0 Å². The van der Waals surface area contributed by atoms with Crippen LogP contribution >= 0.6 is 0 Å². The summed E-state index contributed by atoms with van der Waals surface area (Å²) in [6.07, 6.45) is 3.01. The molecule has 1 atom stereocenters. The van der Waals surface area contributed by atoms with Gasteiger partial charge in [-0.25, -0.2) is 0 Å². The number of nitrogens with one attached hydrogen (secondary N) is 1. The molecule has 4 rings (SSSR count). The van der Waals surface area contributed by atoms with Crippen molar-refractivity contribution >= 4 is 10.8 Å². The first-order valence-electron chi connectivity index (χ1n) is 7.08. The Morgan fingerprint density at radius 2 is 1.80 bits per heavy atom. The summed E-state index contributed by atoms with van der Waals surface area (Å²) in [6.45, 7) is 1.01. The van der Waals surface area contributed by atoms with E-state index in [9.17, 15) is 0 Å². The zero-order chi connectivity index (χ0) is 13.4. The van der Waals surface area contributed by atoms with Crippen LogP contribution in [0.3, 0.4) is 0 Å². The van der Waals surface area contributed by atoms with Gasteiger partial charge in [0.2, 0.25) is 0 Å². The highest BCUT2D eigenvalue weighted by molar-refractivity contribution is 5.85. The molecule has 0 fully saturated rings. The van der Waals surface area contributed by atoms with Crippen molar-refractivity contribution in [2.75, 3.05) is 6.54 Å². The fourth-order valence-corrected chi connectivity index (χ4v) is 3.12. The highest BCUT2D eigenvalue weighted by Crippen LogP contribution is 2.31. The minimum absolute atomic E-state index is 0.200. The second kappa shape index (κ2) is 4.73. The molecule has 0 bridgehead atoms. The van der Waals surface area contributed by atoms with Crippen molar-refractivity contribution in [1.82, 2.24) is 10.3 Å². The van der Waals surface area contributed by atoms with Crippen LogP contribution in [0.4, 0.5) is 0 Å². The molecule has 1 aliphatic rings. The Bertz CT molecular complexity index is 759. The van der Waals surface area contributed by atoms with E-state index >= 15 is 0 Å². The summed E-state index contributed by atoms with van der Waals surface area (Å²) in [6, 6.07) is 19.4. The van der Waals surface area contributed by atoms with Crippen LogP contribution in [-0.2, 0) is 6.42 Å². The van der Waals surface area contributed by atoms with Gasteiger partial charge in [0.25, 0.3) is 0 Å². The number of hydrogen-bond donors (Lipinski definition) is 1. The lowest BCUT2D eigenvalue weighted by Crippen LogP contribution is -2.31. The van der Waals surface area contributed by atoms with E-state index in [1.165, 1.54) is 21.9 Å². The molecule has 20 heavy (non-hydrogen) atoms. The molecule has 2 nitrogen and oxygen atoms in total. The molecular weight excluding hydrogens is 244 g/mol. The predicted molar refractivity (Wildman–Crippen MR) is 81.7 cm³/mol. The van der Waals surface area contributed by atoms with Crippen molar-refractivity contribution < 1.29 is 0 Å². The van der Waals surface area contributed by atoms with Gasteiger partial charge in [0.15, 0.2) is 0 Å². The van der Waals surface area contributed by atoms with Gasteiger partial charge in [-0.2, -0.15) is 0 Å². The lowest BCUT2D eigenvalue weighted by Gasteiger charge is -2.27. The van der Waals surface area contributed by atoms with Crippen LogP contribution in [0.1, 0.15) is 22.9 Å². The molecule has 0 radical (unpaired) electrons. The fourth-order valence-electron chi connectivity index (χ4n) is 3.12. The van der Waals surface area contributed by atoms with Crippen LogP contribution < -0.4 is 5.32 Å². The summed E-state index contributed by atoms with van der Waals surface area (Å²) in [4.78, 5) is 4.67. The fraction of sp³-hybridized carbons (Fsp3) is 0.167. The molecule has 1 aromatic heterocycles. The minimum atomic E-state index is 0.200. The molecule has 98 valence electrons. The van der Waals surface area contributed by atoms with Crippen molar-refractivity contribution in [3.05, 3.63) is 77.6 Å². The van der Waals surface area contributed by atoms with E-state index in [4.69, 9.17) is 0 Å². The summed E-state index contributed by atoms with van der Waals surface area (Å²) in [5.74, 6) is 0. The zero-order valence-corrected chi connectivity index (χ0v) is 11.2. The van der Waals surface area contributed by atoms with Crippen molar-refractivity contribution in [2.45, 2.75) is 12.5 Å². The number of nitrogens with zero attached hydrogens (tertiary/aromatic N) is 1. The third-order valence-corrected chi connectivity index (χ3v) is 4.09. The number of pyridine rings is 1. The van der Waals surface area contributed by atoms with Crippen LogP contribution in [0, 0.1) is 0 Å². The molecule has 1 N–H and O–H groups in total. The van der Waals surface area contributed by atoms with Gasteiger partial charge in [-0.05, 0) is 29.0 Å². The third kappa shape index (κ3) is 1.81. The maximum absolute atomic E-state index is 4.67. The quantitative estimate of drug-likeness (QED) is 0.724. The van der Waals surface area contributed by atoms with Gasteiger partial charge < -0.3 is 5.32 Å². The molecule has 0 spiro atoms. The molecular formula is C18H16N2. The average molecular weight is 260 g/mol. The zero-order valence-electron chi connectivity index (χ0n) is 11.2. The van der Waals surface area contributed by atoms with E-state index in [-0.39, 0.29) is 6.04 Å². The van der Waals surface area contributed by atoms with Gasteiger partial charge in [0.1, 0.15) is 0 Å². The van der Waals surface area contributed by atoms with Crippen LogP contribution in [0.5, 0.6) is 0 Å². The molecule has 3 aromatic rings. The Kier molecular flexibility index (Phi) is 2.75. The molecule has 1 aliphatic heterocycles. The number of benzene rings is 2. The number of fused-ring (bicyclic) bond motifs is 2. The standard InChI is InChI=1S/C18H16N2/c1-3-7-15-13(5-1)9-11-19-17(15)18-16-8-4-2-6-14(16)10-12-20-18/h1-9,11,18,20H,10,12H2.